The van der Waals surface area contributed by atoms with Crippen LogP contribution < -0.4 is 5.69 Å². The van der Waals surface area contributed by atoms with E-state index in [4.69, 9.17) is 0 Å². The summed E-state index contributed by atoms with van der Waals surface area (Å²) in [6.07, 6.45) is 3.08. The van der Waals surface area contributed by atoms with Crippen LogP contribution in [0.5, 0.6) is 0 Å². The summed E-state index contributed by atoms with van der Waals surface area (Å²) in [6, 6.07) is 10.4. The monoisotopic (exact) mass is 308 g/mol. The quantitative estimate of drug-likeness (QED) is 0.619. The van der Waals surface area contributed by atoms with Crippen molar-refractivity contribution in [1.82, 2.24) is 19.6 Å². The molecule has 0 saturated heterocycles. The summed E-state index contributed by atoms with van der Waals surface area (Å²) >= 11 is 1.72. The Morgan fingerprint density at radius 3 is 2.91 bits per heavy atom. The molecule has 3 heterocycles. The van der Waals surface area contributed by atoms with E-state index in [0.29, 0.717) is 5.65 Å². The van der Waals surface area contributed by atoms with E-state index in [0.717, 1.165) is 11.1 Å². The minimum Gasteiger partial charge on any atom is -0.296 e. The lowest BCUT2D eigenvalue weighted by Crippen LogP contribution is -2.17. The number of aromatic nitrogens is 4. The van der Waals surface area contributed by atoms with Crippen LogP contribution in [0.1, 0.15) is 5.56 Å². The van der Waals surface area contributed by atoms with Gasteiger partial charge in [-0.2, -0.15) is 9.61 Å². The van der Waals surface area contributed by atoms with E-state index in [1.54, 1.807) is 17.5 Å². The summed E-state index contributed by atoms with van der Waals surface area (Å²) in [5, 5.41) is 6.18. The second kappa shape index (κ2) is 4.92. The van der Waals surface area contributed by atoms with Crippen LogP contribution in [0, 0.1) is 6.92 Å². The molecule has 0 saturated carbocycles. The molecule has 5 nitrogen and oxygen atoms in total. The van der Waals surface area contributed by atoms with E-state index in [-0.39, 0.29) is 5.69 Å². The van der Waals surface area contributed by atoms with Gasteiger partial charge < -0.3 is 0 Å². The van der Waals surface area contributed by atoms with E-state index < -0.39 is 0 Å². The number of thiophene rings is 1. The van der Waals surface area contributed by atoms with Gasteiger partial charge in [-0.15, -0.1) is 11.3 Å². The average molecular weight is 308 g/mol. The van der Waals surface area contributed by atoms with Crippen LogP contribution in [0.15, 0.2) is 53.0 Å². The van der Waals surface area contributed by atoms with Gasteiger partial charge in [-0.3, -0.25) is 4.98 Å². The number of hydrogen-bond donors (Lipinski definition) is 1. The van der Waals surface area contributed by atoms with Crippen molar-refractivity contribution in [2.75, 3.05) is 0 Å². The van der Waals surface area contributed by atoms with Crippen molar-refractivity contribution in [3.8, 4) is 21.6 Å². The lowest BCUT2D eigenvalue weighted by molar-refractivity contribution is 0.840. The molecule has 6 heteroatoms. The molecule has 0 radical (unpaired) electrons. The number of fused-ring (bicyclic) bond motifs is 1. The zero-order chi connectivity index (χ0) is 15.1. The molecule has 0 atom stereocenters. The maximum absolute atomic E-state index is 11.7. The van der Waals surface area contributed by atoms with Crippen molar-refractivity contribution in [3.05, 3.63) is 64.3 Å². The molecule has 0 aliphatic carbocycles. The molecule has 1 aromatic carbocycles. The molecule has 108 valence electrons. The Bertz CT molecular complexity index is 1010. The molecule has 22 heavy (non-hydrogen) atoms. The van der Waals surface area contributed by atoms with E-state index in [1.165, 1.54) is 26.8 Å². The Balaban J connectivity index is 1.88. The highest BCUT2D eigenvalue weighted by Crippen LogP contribution is 2.31. The summed E-state index contributed by atoms with van der Waals surface area (Å²) in [4.78, 5) is 19.7. The average Bonchev–Trinajstić information content (AvgIpc) is 3.17. The SMILES string of the molecule is Cc1cc(-c2cnn3c(=O)[nH]cnc23)ccc1-c1cccs1. The smallest absolute Gasteiger partial charge is 0.296 e. The normalized spacial score (nSPS) is 11.1. The molecule has 0 aliphatic rings. The van der Waals surface area contributed by atoms with Gasteiger partial charge in [0.15, 0.2) is 5.65 Å². The van der Waals surface area contributed by atoms with Gasteiger partial charge in [0, 0.05) is 10.4 Å². The summed E-state index contributed by atoms with van der Waals surface area (Å²) in [7, 11) is 0. The first-order valence-corrected chi connectivity index (χ1v) is 7.68. The number of aryl methyl sites for hydroxylation is 1. The molecule has 1 N–H and O–H groups in total. The Morgan fingerprint density at radius 1 is 1.23 bits per heavy atom. The van der Waals surface area contributed by atoms with Crippen LogP contribution >= 0.6 is 11.3 Å². The van der Waals surface area contributed by atoms with Crippen LogP contribution in [0.25, 0.3) is 27.2 Å². The molecule has 0 spiro atoms. The van der Waals surface area contributed by atoms with Crippen molar-refractivity contribution in [1.29, 1.82) is 0 Å². The zero-order valence-electron chi connectivity index (χ0n) is 11.8. The van der Waals surface area contributed by atoms with Crippen LogP contribution in [0.3, 0.4) is 0 Å². The van der Waals surface area contributed by atoms with Gasteiger partial charge >= 0.3 is 5.69 Å². The molecular formula is C16H12N4OS. The molecule has 0 unspecified atom stereocenters. The van der Waals surface area contributed by atoms with Crippen molar-refractivity contribution in [2.24, 2.45) is 0 Å². The minimum atomic E-state index is -0.289. The third-order valence-corrected chi connectivity index (χ3v) is 4.54. The first kappa shape index (κ1) is 13.0. The molecule has 4 aromatic rings. The molecule has 4 rings (SSSR count). The lowest BCUT2D eigenvalue weighted by atomic mass is 10.0. The highest BCUT2D eigenvalue weighted by atomic mass is 32.1. The molecule has 3 aromatic heterocycles. The fraction of sp³-hybridized carbons (Fsp3) is 0.0625. The second-order valence-electron chi connectivity index (χ2n) is 5.01. The first-order valence-electron chi connectivity index (χ1n) is 6.80. The maximum Gasteiger partial charge on any atom is 0.349 e. The molecule has 0 aliphatic heterocycles. The van der Waals surface area contributed by atoms with Gasteiger partial charge in [-0.1, -0.05) is 24.3 Å². The standard InChI is InChI=1S/C16H12N4OS/c1-10-7-11(4-5-12(10)14-3-2-6-22-14)13-8-19-20-15(13)17-9-18-16(20)21/h2-9H,1H3,(H,17,18,21). The topological polar surface area (TPSA) is 63.1 Å². The van der Waals surface area contributed by atoms with Gasteiger partial charge in [0.25, 0.3) is 0 Å². The number of rotatable bonds is 2. The Hall–Kier alpha value is -2.73. The van der Waals surface area contributed by atoms with E-state index in [9.17, 15) is 4.79 Å². The van der Waals surface area contributed by atoms with Gasteiger partial charge in [0.05, 0.1) is 12.5 Å². The Labute approximate surface area is 129 Å². The number of benzene rings is 1. The highest BCUT2D eigenvalue weighted by Gasteiger charge is 2.11. The number of H-pyrrole nitrogens is 1. The third kappa shape index (κ3) is 1.96. The molecule has 0 fully saturated rings. The summed E-state index contributed by atoms with van der Waals surface area (Å²) in [5.74, 6) is 0. The van der Waals surface area contributed by atoms with Gasteiger partial charge in [0.2, 0.25) is 0 Å². The molecule has 0 amide bonds. The predicted octanol–water partition coefficient (Wildman–Crippen LogP) is 3.12. The minimum absolute atomic E-state index is 0.289. The maximum atomic E-state index is 11.7. The van der Waals surface area contributed by atoms with Gasteiger partial charge in [0.1, 0.15) is 0 Å². The van der Waals surface area contributed by atoms with Crippen LogP contribution in [0.2, 0.25) is 0 Å². The van der Waals surface area contributed by atoms with Crippen LogP contribution in [0.4, 0.5) is 0 Å². The van der Waals surface area contributed by atoms with Gasteiger partial charge in [-0.25, -0.2) is 9.78 Å². The second-order valence-corrected chi connectivity index (χ2v) is 5.96. The zero-order valence-corrected chi connectivity index (χ0v) is 12.6. The Kier molecular flexibility index (Phi) is 2.90. The van der Waals surface area contributed by atoms with E-state index >= 15 is 0 Å². The van der Waals surface area contributed by atoms with Crippen molar-refractivity contribution < 1.29 is 0 Å². The number of nitrogens with zero attached hydrogens (tertiary/aromatic N) is 3. The first-order chi connectivity index (χ1) is 10.7. The van der Waals surface area contributed by atoms with Crippen LogP contribution in [-0.2, 0) is 0 Å². The Morgan fingerprint density at radius 2 is 2.14 bits per heavy atom. The molecule has 0 bridgehead atoms. The number of aromatic amines is 1. The highest BCUT2D eigenvalue weighted by molar-refractivity contribution is 7.13. The summed E-state index contributed by atoms with van der Waals surface area (Å²) < 4.78 is 1.28. The molecular weight excluding hydrogens is 296 g/mol. The summed E-state index contributed by atoms with van der Waals surface area (Å²) in [5.41, 5.74) is 4.54. The predicted molar refractivity (Wildman–Crippen MR) is 87.1 cm³/mol. The van der Waals surface area contributed by atoms with Crippen LogP contribution in [-0.4, -0.2) is 19.6 Å². The summed E-state index contributed by atoms with van der Waals surface area (Å²) in [6.45, 7) is 2.09. The fourth-order valence-electron chi connectivity index (χ4n) is 2.57. The lowest BCUT2D eigenvalue weighted by Gasteiger charge is -2.06. The number of nitrogens with one attached hydrogen (secondary N) is 1. The van der Waals surface area contributed by atoms with Crippen molar-refractivity contribution >= 4 is 17.0 Å². The van der Waals surface area contributed by atoms with Crippen molar-refractivity contribution in [2.45, 2.75) is 6.92 Å². The largest absolute Gasteiger partial charge is 0.349 e. The third-order valence-electron chi connectivity index (χ3n) is 3.64. The van der Waals surface area contributed by atoms with Gasteiger partial charge in [-0.05, 0) is 35.1 Å². The van der Waals surface area contributed by atoms with E-state index in [1.807, 2.05) is 6.07 Å². The number of hydrogen-bond acceptors (Lipinski definition) is 4. The van der Waals surface area contributed by atoms with E-state index in [2.05, 4.69) is 51.6 Å². The fourth-order valence-corrected chi connectivity index (χ4v) is 3.38. The van der Waals surface area contributed by atoms with Crippen molar-refractivity contribution in [3.63, 3.8) is 0 Å².